The fourth-order valence-electron chi connectivity index (χ4n) is 3.41. The lowest BCUT2D eigenvalue weighted by Gasteiger charge is -2.34. The van der Waals surface area contributed by atoms with Crippen LogP contribution in [0.2, 0.25) is 0 Å². The van der Waals surface area contributed by atoms with Crippen molar-refractivity contribution in [1.29, 1.82) is 0 Å². The van der Waals surface area contributed by atoms with Gasteiger partial charge in [-0.15, -0.1) is 0 Å². The molecule has 3 rings (SSSR count). The number of piperazine rings is 1. The summed E-state index contributed by atoms with van der Waals surface area (Å²) in [6, 6.07) is 6.08. The summed E-state index contributed by atoms with van der Waals surface area (Å²) < 4.78 is 1.08. The number of aryl methyl sites for hydroxylation is 1. The third-order valence-electron chi connectivity index (χ3n) is 5.05. The quantitative estimate of drug-likeness (QED) is 0.510. The Morgan fingerprint density at radius 2 is 1.90 bits per heavy atom. The van der Waals surface area contributed by atoms with Crippen molar-refractivity contribution in [2.45, 2.75) is 39.5 Å². The second-order valence-electron chi connectivity index (χ2n) is 7.60. The second kappa shape index (κ2) is 10.2. The van der Waals surface area contributed by atoms with E-state index >= 15 is 0 Å². The number of aromatic nitrogens is 1. The summed E-state index contributed by atoms with van der Waals surface area (Å²) in [5.41, 5.74) is 2.09. The van der Waals surface area contributed by atoms with Gasteiger partial charge in [0.1, 0.15) is 0 Å². The molecule has 29 heavy (non-hydrogen) atoms. The maximum atomic E-state index is 12.4. The highest BCUT2D eigenvalue weighted by Crippen LogP contribution is 2.26. The van der Waals surface area contributed by atoms with E-state index < -0.39 is 0 Å². The van der Waals surface area contributed by atoms with Crippen LogP contribution in [0.25, 0.3) is 10.2 Å². The van der Waals surface area contributed by atoms with Crippen LogP contribution in [0, 0.1) is 6.92 Å². The summed E-state index contributed by atoms with van der Waals surface area (Å²) in [5, 5.41) is 3.55. The maximum absolute atomic E-state index is 12.4. The first-order chi connectivity index (χ1) is 13.9. The molecule has 1 N–H and O–H groups in total. The zero-order valence-electron chi connectivity index (χ0n) is 17.1. The summed E-state index contributed by atoms with van der Waals surface area (Å²) in [4.78, 5) is 34.2. The van der Waals surface area contributed by atoms with Gasteiger partial charge in [0, 0.05) is 32.6 Å². The molecule has 0 bridgehead atoms. The van der Waals surface area contributed by atoms with Gasteiger partial charge in [-0.05, 0) is 55.7 Å². The van der Waals surface area contributed by atoms with E-state index in [1.807, 2.05) is 30.9 Å². The molecule has 1 aliphatic rings. The van der Waals surface area contributed by atoms with E-state index in [0.717, 1.165) is 47.4 Å². The van der Waals surface area contributed by atoms with Gasteiger partial charge in [-0.1, -0.05) is 29.6 Å². The third kappa shape index (κ3) is 6.55. The first kappa shape index (κ1) is 21.8. The van der Waals surface area contributed by atoms with Crippen molar-refractivity contribution >= 4 is 55.6 Å². The average molecular weight is 433 g/mol. The van der Waals surface area contributed by atoms with Gasteiger partial charge < -0.3 is 10.2 Å². The Morgan fingerprint density at radius 1 is 1.17 bits per heavy atom. The van der Waals surface area contributed by atoms with Crippen molar-refractivity contribution in [3.63, 3.8) is 0 Å². The first-order valence-corrected chi connectivity index (χ1v) is 11.3. The number of rotatable bonds is 8. The molecule has 156 valence electrons. The highest BCUT2D eigenvalue weighted by Gasteiger charge is 2.22. The number of nitrogens with one attached hydrogen (secondary N) is 1. The lowest BCUT2D eigenvalue weighted by atomic mass is 10.1. The number of carbonyl (C=O) groups is 2. The van der Waals surface area contributed by atoms with Crippen LogP contribution in [0.4, 0.5) is 5.13 Å². The molecule has 6 nitrogen and oxygen atoms in total. The van der Waals surface area contributed by atoms with Crippen molar-refractivity contribution in [3.05, 3.63) is 23.8 Å². The van der Waals surface area contributed by atoms with E-state index in [0.29, 0.717) is 31.2 Å². The van der Waals surface area contributed by atoms with Crippen LogP contribution in [0.5, 0.6) is 0 Å². The van der Waals surface area contributed by atoms with Crippen LogP contribution < -0.4 is 5.32 Å². The fourth-order valence-corrected chi connectivity index (χ4v) is 4.54. The molecule has 0 atom stereocenters. The molecule has 0 radical (unpaired) electrons. The van der Waals surface area contributed by atoms with Crippen LogP contribution in [-0.2, 0) is 9.59 Å². The standard InChI is InChI=1S/C21H28N4O2S2/c1-15-7-8-17-18(13-15)29-21(22-17)23-19(26)14-24-9-11-25(12-10-24)20(27)6-4-3-5-16(2)28/h7-8,13H,3-6,9-12,14H2,1-2H3,(H,22,23,26). The molecule has 8 heteroatoms. The fraction of sp³-hybridized carbons (Fsp3) is 0.524. The van der Waals surface area contributed by atoms with Gasteiger partial charge in [0.15, 0.2) is 5.13 Å². The SMILES string of the molecule is CC(=S)CCCCC(=O)N1CCN(CC(=O)Nc2nc3ccc(C)cc3s2)CC1. The molecule has 1 saturated heterocycles. The van der Waals surface area contributed by atoms with Gasteiger partial charge in [0.25, 0.3) is 0 Å². The molecular formula is C21H28N4O2S2. The van der Waals surface area contributed by atoms with Gasteiger partial charge in [-0.2, -0.15) is 0 Å². The number of thiazole rings is 1. The van der Waals surface area contributed by atoms with Gasteiger partial charge >= 0.3 is 0 Å². The largest absolute Gasteiger partial charge is 0.340 e. The summed E-state index contributed by atoms with van der Waals surface area (Å²) in [5.74, 6) is 0.150. The minimum atomic E-state index is -0.0592. The molecule has 1 fully saturated rings. The number of nitrogens with zero attached hydrogens (tertiary/aromatic N) is 3. The van der Waals surface area contributed by atoms with Crippen molar-refractivity contribution < 1.29 is 9.59 Å². The highest BCUT2D eigenvalue weighted by molar-refractivity contribution is 7.80. The Labute approximate surface area is 181 Å². The van der Waals surface area contributed by atoms with Gasteiger partial charge in [0.2, 0.25) is 11.8 Å². The monoisotopic (exact) mass is 432 g/mol. The number of amides is 2. The minimum Gasteiger partial charge on any atom is -0.340 e. The predicted molar refractivity (Wildman–Crippen MR) is 123 cm³/mol. The molecule has 1 aromatic carbocycles. The van der Waals surface area contributed by atoms with E-state index in [-0.39, 0.29) is 11.8 Å². The predicted octanol–water partition coefficient (Wildman–Crippen LogP) is 3.64. The van der Waals surface area contributed by atoms with Crippen LogP contribution >= 0.6 is 23.6 Å². The molecule has 0 saturated carbocycles. The normalized spacial score (nSPS) is 14.9. The van der Waals surface area contributed by atoms with Crippen LogP contribution in [0.15, 0.2) is 18.2 Å². The number of carbonyl (C=O) groups excluding carboxylic acids is 2. The molecule has 0 unspecified atom stereocenters. The maximum Gasteiger partial charge on any atom is 0.240 e. The summed E-state index contributed by atoms with van der Waals surface area (Å²) in [6.45, 7) is 7.11. The van der Waals surface area contributed by atoms with Gasteiger partial charge in [0.05, 0.1) is 16.8 Å². The van der Waals surface area contributed by atoms with E-state index in [1.165, 1.54) is 16.9 Å². The van der Waals surface area contributed by atoms with Gasteiger partial charge in [-0.3, -0.25) is 14.5 Å². The number of fused-ring (bicyclic) bond motifs is 1. The van der Waals surface area contributed by atoms with Crippen LogP contribution in [0.3, 0.4) is 0 Å². The number of benzene rings is 1. The number of unbranched alkanes of at least 4 members (excludes halogenated alkanes) is 1. The Morgan fingerprint density at radius 3 is 2.62 bits per heavy atom. The Hall–Kier alpha value is -1.90. The van der Waals surface area contributed by atoms with E-state index in [4.69, 9.17) is 12.2 Å². The van der Waals surface area contributed by atoms with Crippen LogP contribution in [0.1, 0.15) is 38.2 Å². The average Bonchev–Trinajstić information content (AvgIpc) is 3.06. The lowest BCUT2D eigenvalue weighted by Crippen LogP contribution is -2.50. The van der Waals surface area contributed by atoms with E-state index in [9.17, 15) is 9.59 Å². The van der Waals surface area contributed by atoms with Crippen LogP contribution in [-0.4, -0.2) is 64.2 Å². The lowest BCUT2D eigenvalue weighted by molar-refractivity contribution is -0.133. The van der Waals surface area contributed by atoms with Crippen molar-refractivity contribution in [3.8, 4) is 0 Å². The zero-order chi connectivity index (χ0) is 20.8. The van der Waals surface area contributed by atoms with Crippen molar-refractivity contribution in [2.24, 2.45) is 0 Å². The number of thiocarbonyl (C=S) groups is 1. The van der Waals surface area contributed by atoms with Gasteiger partial charge in [-0.25, -0.2) is 4.98 Å². The zero-order valence-corrected chi connectivity index (χ0v) is 18.7. The number of hydrogen-bond acceptors (Lipinski definition) is 6. The molecule has 1 aromatic heterocycles. The summed E-state index contributed by atoms with van der Waals surface area (Å²) in [7, 11) is 0. The molecular weight excluding hydrogens is 404 g/mol. The molecule has 2 heterocycles. The number of hydrogen-bond donors (Lipinski definition) is 1. The summed E-state index contributed by atoms with van der Waals surface area (Å²) >= 11 is 6.57. The number of anilines is 1. The molecule has 2 aromatic rings. The smallest absolute Gasteiger partial charge is 0.240 e. The van der Waals surface area contributed by atoms with Crippen molar-refractivity contribution in [1.82, 2.24) is 14.8 Å². The Bertz CT molecular complexity index is 888. The van der Waals surface area contributed by atoms with Crippen molar-refractivity contribution in [2.75, 3.05) is 38.0 Å². The molecule has 1 aliphatic heterocycles. The molecule has 0 spiro atoms. The van der Waals surface area contributed by atoms with E-state index in [2.05, 4.69) is 21.3 Å². The Balaban J connectivity index is 1.40. The first-order valence-electron chi connectivity index (χ1n) is 10.1. The topological polar surface area (TPSA) is 65.5 Å². The second-order valence-corrected chi connectivity index (χ2v) is 9.33. The third-order valence-corrected chi connectivity index (χ3v) is 6.19. The van der Waals surface area contributed by atoms with E-state index in [1.54, 1.807) is 0 Å². The molecule has 0 aliphatic carbocycles. The molecule has 2 amide bonds. The Kier molecular flexibility index (Phi) is 7.69. The highest BCUT2D eigenvalue weighted by atomic mass is 32.1. The summed E-state index contributed by atoms with van der Waals surface area (Å²) in [6.07, 6.45) is 3.36. The minimum absolute atomic E-state index is 0.0592.